The van der Waals surface area contributed by atoms with Crippen LogP contribution in [0.15, 0.2) is 42.5 Å². The fourth-order valence-electron chi connectivity index (χ4n) is 13.1. The zero-order valence-electron chi connectivity index (χ0n) is 30.0. The highest BCUT2D eigenvalue weighted by atomic mass is 16.4. The number of carboxylic acid groups (broad SMARTS) is 2. The molecule has 0 unspecified atom stereocenters. The van der Waals surface area contributed by atoms with Gasteiger partial charge in [0.1, 0.15) is 0 Å². The predicted molar refractivity (Wildman–Crippen MR) is 191 cm³/mol. The number of aliphatic hydroxyl groups excluding tert-OH is 1. The lowest BCUT2D eigenvalue weighted by molar-refractivity contribution is -0.227. The highest BCUT2D eigenvalue weighted by Gasteiger charge is 2.71. The third-order valence-electron chi connectivity index (χ3n) is 15.5. The van der Waals surface area contributed by atoms with E-state index in [4.69, 9.17) is 5.11 Å². The van der Waals surface area contributed by atoms with Crippen molar-refractivity contribution in [3.05, 3.63) is 53.6 Å². The maximum atomic E-state index is 13.2. The Bertz CT molecular complexity index is 1450. The van der Waals surface area contributed by atoms with Crippen LogP contribution in [0, 0.1) is 56.7 Å². The van der Waals surface area contributed by atoms with Gasteiger partial charge >= 0.3 is 11.9 Å². The molecule has 264 valence electrons. The van der Waals surface area contributed by atoms with Gasteiger partial charge in [0.05, 0.1) is 17.6 Å². The standard InChI is InChI=1S/C41H60N2O5/c1-26(25-43-22-21-42-23-24-44)29-13-18-41(36(47)48)20-19-39(5)31(34(29)41)11-12-33-38(4)16-14-30(27-7-9-28(10-8-27)35(45)46)37(2,3)32(38)15-17-40(33,39)6/h7-10,14,29,31-34,42-44H,1,11-13,15-25H2,2-6H3,(H,45,46)(H,47,48)/t29-,31+,32-,33+,34+,38-,39+,40+,41-/m0/s1. The molecule has 0 aromatic heterocycles. The lowest BCUT2D eigenvalue weighted by Gasteiger charge is -2.72. The van der Waals surface area contributed by atoms with Gasteiger partial charge in [-0.1, -0.05) is 65.0 Å². The van der Waals surface area contributed by atoms with E-state index in [1.165, 1.54) is 17.6 Å². The van der Waals surface area contributed by atoms with Crippen LogP contribution < -0.4 is 10.6 Å². The highest BCUT2D eigenvalue weighted by Crippen LogP contribution is 2.77. The van der Waals surface area contributed by atoms with Gasteiger partial charge in [0.2, 0.25) is 0 Å². The summed E-state index contributed by atoms with van der Waals surface area (Å²) >= 11 is 0. The van der Waals surface area contributed by atoms with E-state index >= 15 is 0 Å². The van der Waals surface area contributed by atoms with Crippen molar-refractivity contribution in [2.24, 2.45) is 56.7 Å². The average molecular weight is 661 g/mol. The third-order valence-corrected chi connectivity index (χ3v) is 15.5. The highest BCUT2D eigenvalue weighted by molar-refractivity contribution is 5.88. The van der Waals surface area contributed by atoms with Crippen LogP contribution in [-0.4, -0.2) is 60.0 Å². The molecule has 1 aromatic carbocycles. The van der Waals surface area contributed by atoms with Crippen molar-refractivity contribution in [2.75, 3.05) is 32.8 Å². The molecule has 1 aromatic rings. The van der Waals surface area contributed by atoms with Gasteiger partial charge in [-0.25, -0.2) is 4.79 Å². The normalized spacial score (nSPS) is 39.7. The van der Waals surface area contributed by atoms with E-state index in [1.54, 1.807) is 12.1 Å². The van der Waals surface area contributed by atoms with Gasteiger partial charge in [0.25, 0.3) is 0 Å². The summed E-state index contributed by atoms with van der Waals surface area (Å²) in [7, 11) is 0. The van der Waals surface area contributed by atoms with Crippen molar-refractivity contribution in [2.45, 2.75) is 92.4 Å². The molecule has 7 heteroatoms. The molecule has 6 rings (SSSR count). The van der Waals surface area contributed by atoms with Gasteiger partial charge in [-0.15, -0.1) is 0 Å². The SMILES string of the molecule is C=C(CNCCNCCO)[C@@H]1CC[C@]2(C(=O)O)CC[C@]3(C)[C@H](CC[C@@H]4[C@@]5(C)CC=C(c6ccc(C(=O)O)cc6)C(C)(C)[C@@H]5CC[C@]43C)[C@@H]12. The quantitative estimate of drug-likeness (QED) is 0.125. The number of hydrogen-bond acceptors (Lipinski definition) is 5. The van der Waals surface area contributed by atoms with Gasteiger partial charge in [0.15, 0.2) is 0 Å². The van der Waals surface area contributed by atoms with E-state index in [9.17, 15) is 19.8 Å². The molecule has 48 heavy (non-hydrogen) atoms. The second-order valence-corrected chi connectivity index (χ2v) is 17.5. The first kappa shape index (κ1) is 35.3. The number of fused-ring (bicyclic) bond motifs is 7. The molecule has 9 atom stereocenters. The van der Waals surface area contributed by atoms with Crippen LogP contribution in [0.3, 0.4) is 0 Å². The summed E-state index contributed by atoms with van der Waals surface area (Å²) < 4.78 is 0. The summed E-state index contributed by atoms with van der Waals surface area (Å²) in [4.78, 5) is 24.8. The maximum Gasteiger partial charge on any atom is 0.335 e. The molecule has 4 fully saturated rings. The smallest absolute Gasteiger partial charge is 0.335 e. The fraction of sp³-hybridized carbons (Fsp3) is 0.707. The molecule has 5 aliphatic rings. The van der Waals surface area contributed by atoms with E-state index < -0.39 is 17.4 Å². The van der Waals surface area contributed by atoms with Crippen molar-refractivity contribution in [1.82, 2.24) is 10.6 Å². The topological polar surface area (TPSA) is 119 Å². The van der Waals surface area contributed by atoms with Gasteiger partial charge < -0.3 is 26.0 Å². The summed E-state index contributed by atoms with van der Waals surface area (Å²) in [5.74, 6) is 0.319. The van der Waals surface area contributed by atoms with Gasteiger partial charge in [-0.2, -0.15) is 0 Å². The first-order valence-corrected chi connectivity index (χ1v) is 18.6. The fourth-order valence-corrected chi connectivity index (χ4v) is 13.1. The molecule has 4 saturated carbocycles. The first-order chi connectivity index (χ1) is 22.7. The Morgan fingerprint density at radius 2 is 1.54 bits per heavy atom. The number of allylic oxidation sites excluding steroid dienone is 2. The third kappa shape index (κ3) is 5.24. The van der Waals surface area contributed by atoms with E-state index in [-0.39, 0.29) is 40.1 Å². The van der Waals surface area contributed by atoms with E-state index in [0.29, 0.717) is 36.4 Å². The predicted octanol–water partition coefficient (Wildman–Crippen LogP) is 7.27. The Labute approximate surface area is 288 Å². The molecule has 7 nitrogen and oxygen atoms in total. The van der Waals surface area contributed by atoms with Crippen LogP contribution in [0.2, 0.25) is 0 Å². The molecule has 0 amide bonds. The Morgan fingerprint density at radius 1 is 0.833 bits per heavy atom. The Balaban J connectivity index is 1.28. The summed E-state index contributed by atoms with van der Waals surface area (Å²) in [6, 6.07) is 7.46. The second kappa shape index (κ2) is 12.7. The minimum Gasteiger partial charge on any atom is -0.481 e. The lowest BCUT2D eigenvalue weighted by Crippen LogP contribution is -2.66. The van der Waals surface area contributed by atoms with Crippen molar-refractivity contribution < 1.29 is 24.9 Å². The number of aliphatic hydroxyl groups is 1. The summed E-state index contributed by atoms with van der Waals surface area (Å²) in [6.07, 6.45) is 11.5. The molecule has 0 aliphatic heterocycles. The van der Waals surface area contributed by atoms with Crippen LogP contribution in [0.25, 0.3) is 5.57 Å². The number of carbonyl (C=O) groups is 2. The van der Waals surface area contributed by atoms with Crippen LogP contribution in [0.1, 0.15) is 108 Å². The molecule has 0 radical (unpaired) electrons. The minimum atomic E-state index is -0.891. The number of carboxylic acids is 2. The summed E-state index contributed by atoms with van der Waals surface area (Å²) in [5, 5.41) is 36.1. The maximum absolute atomic E-state index is 13.2. The number of benzene rings is 1. The zero-order chi connectivity index (χ0) is 34.7. The average Bonchev–Trinajstić information content (AvgIpc) is 3.44. The van der Waals surface area contributed by atoms with Gasteiger partial charge in [-0.05, 0) is 132 Å². The minimum absolute atomic E-state index is 0.0449. The van der Waals surface area contributed by atoms with Crippen molar-refractivity contribution in [3.63, 3.8) is 0 Å². The van der Waals surface area contributed by atoms with Crippen LogP contribution in [0.5, 0.6) is 0 Å². The van der Waals surface area contributed by atoms with Gasteiger partial charge in [-0.3, -0.25) is 4.79 Å². The number of nitrogens with one attached hydrogen (secondary N) is 2. The first-order valence-electron chi connectivity index (χ1n) is 18.6. The number of hydrogen-bond donors (Lipinski definition) is 5. The van der Waals surface area contributed by atoms with Crippen LogP contribution >= 0.6 is 0 Å². The molecule has 5 N–H and O–H groups in total. The Morgan fingerprint density at radius 3 is 2.21 bits per heavy atom. The Hall–Kier alpha value is -2.48. The molecule has 0 bridgehead atoms. The van der Waals surface area contributed by atoms with Crippen molar-refractivity contribution >= 4 is 17.5 Å². The van der Waals surface area contributed by atoms with E-state index in [2.05, 4.69) is 57.9 Å². The summed E-state index contributed by atoms with van der Waals surface area (Å²) in [5.41, 5.74) is 3.62. The van der Waals surface area contributed by atoms with E-state index in [1.807, 2.05) is 12.1 Å². The monoisotopic (exact) mass is 660 g/mol. The summed E-state index contributed by atoms with van der Waals surface area (Å²) in [6.45, 7) is 20.1. The van der Waals surface area contributed by atoms with E-state index in [0.717, 1.165) is 70.0 Å². The number of aromatic carboxylic acids is 1. The zero-order valence-corrected chi connectivity index (χ0v) is 30.0. The van der Waals surface area contributed by atoms with Gasteiger partial charge in [0, 0.05) is 26.2 Å². The molecular weight excluding hydrogens is 600 g/mol. The lowest BCUT2D eigenvalue weighted by atomic mass is 9.32. The largest absolute Gasteiger partial charge is 0.481 e. The molecule has 5 aliphatic carbocycles. The molecule has 0 heterocycles. The van der Waals surface area contributed by atoms with Crippen molar-refractivity contribution in [1.29, 1.82) is 0 Å². The molecular formula is C41H60N2O5. The Kier molecular flexibility index (Phi) is 9.34. The van der Waals surface area contributed by atoms with Crippen LogP contribution in [0.4, 0.5) is 0 Å². The molecule has 0 spiro atoms. The number of rotatable bonds is 11. The molecule has 0 saturated heterocycles. The van der Waals surface area contributed by atoms with Crippen molar-refractivity contribution in [3.8, 4) is 0 Å². The number of aliphatic carboxylic acids is 1. The second-order valence-electron chi connectivity index (χ2n) is 17.5. The van der Waals surface area contributed by atoms with Crippen LogP contribution in [-0.2, 0) is 4.79 Å².